The van der Waals surface area contributed by atoms with Crippen molar-refractivity contribution >= 4 is 33.6 Å². The number of thiol groups is 2. The van der Waals surface area contributed by atoms with Crippen molar-refractivity contribution in [2.45, 2.75) is 31.5 Å². The molecular weight excluding hydrogens is 204 g/mol. The molecule has 74 valence electrons. The Labute approximate surface area is 88.2 Å². The van der Waals surface area contributed by atoms with Gasteiger partial charge in [-0.2, -0.15) is 25.3 Å². The van der Waals surface area contributed by atoms with E-state index in [-0.39, 0.29) is 0 Å². The molecule has 0 amide bonds. The summed E-state index contributed by atoms with van der Waals surface area (Å²) in [6, 6.07) is 2.47. The molecule has 0 N–H and O–H groups in total. The largest absolute Gasteiger partial charge is 0.420 e. The topological polar surface area (TPSA) is 9.23 Å². The number of hydrogen-bond donors (Lipinski definition) is 2. The molecule has 1 nitrogen and oxygen atoms in total. The maximum atomic E-state index is 5.61. The summed E-state index contributed by atoms with van der Waals surface area (Å²) in [4.78, 5) is 0. The van der Waals surface area contributed by atoms with E-state index in [1.807, 2.05) is 7.11 Å². The highest BCUT2D eigenvalue weighted by Crippen LogP contribution is 2.20. The van der Waals surface area contributed by atoms with Crippen LogP contribution in [0.15, 0.2) is 0 Å². The second kappa shape index (κ2) is 7.30. The standard InChI is InChI=1S/C8H20OS2Si/c1-9-12(2,7-3-5-10)8-4-6-11/h10-11H,3-8H2,1-2H3. The van der Waals surface area contributed by atoms with Crippen molar-refractivity contribution in [2.75, 3.05) is 18.6 Å². The minimum Gasteiger partial charge on any atom is -0.420 e. The van der Waals surface area contributed by atoms with Crippen LogP contribution in [-0.2, 0) is 4.43 Å². The van der Waals surface area contributed by atoms with Gasteiger partial charge in [0.15, 0.2) is 8.32 Å². The minimum atomic E-state index is -1.36. The zero-order valence-electron chi connectivity index (χ0n) is 8.05. The highest BCUT2D eigenvalue weighted by molar-refractivity contribution is 7.80. The third kappa shape index (κ3) is 5.51. The van der Waals surface area contributed by atoms with Gasteiger partial charge in [0, 0.05) is 7.11 Å². The Kier molecular flexibility index (Phi) is 7.83. The molecule has 0 atom stereocenters. The molecule has 0 heterocycles. The van der Waals surface area contributed by atoms with Crippen LogP contribution in [0, 0.1) is 0 Å². The molecule has 0 saturated carbocycles. The molecule has 12 heavy (non-hydrogen) atoms. The molecule has 0 unspecified atom stereocenters. The third-order valence-electron chi connectivity index (χ3n) is 2.22. The summed E-state index contributed by atoms with van der Waals surface area (Å²) in [5, 5.41) is 0. The second-order valence-corrected chi connectivity index (χ2v) is 8.51. The average Bonchev–Trinajstić information content (AvgIpc) is 2.11. The minimum absolute atomic E-state index is 0.979. The van der Waals surface area contributed by atoms with Crippen LogP contribution in [0.3, 0.4) is 0 Å². The van der Waals surface area contributed by atoms with E-state index >= 15 is 0 Å². The summed E-state index contributed by atoms with van der Waals surface area (Å²) in [6.45, 7) is 2.31. The van der Waals surface area contributed by atoms with E-state index in [4.69, 9.17) is 4.43 Å². The predicted molar refractivity (Wildman–Crippen MR) is 65.2 cm³/mol. The van der Waals surface area contributed by atoms with Gasteiger partial charge in [-0.15, -0.1) is 0 Å². The Balaban J connectivity index is 3.70. The van der Waals surface area contributed by atoms with E-state index in [0.717, 1.165) is 11.5 Å². The summed E-state index contributed by atoms with van der Waals surface area (Å²) in [7, 11) is 0.487. The highest BCUT2D eigenvalue weighted by Gasteiger charge is 2.25. The number of hydrogen-bond acceptors (Lipinski definition) is 3. The van der Waals surface area contributed by atoms with E-state index in [9.17, 15) is 0 Å². The molecule has 0 rings (SSSR count). The van der Waals surface area contributed by atoms with Crippen LogP contribution in [0.4, 0.5) is 0 Å². The zero-order chi connectivity index (χ0) is 9.45. The summed E-state index contributed by atoms with van der Waals surface area (Å²) >= 11 is 8.43. The van der Waals surface area contributed by atoms with E-state index in [0.29, 0.717) is 0 Å². The van der Waals surface area contributed by atoms with Gasteiger partial charge in [-0.05, 0) is 43.0 Å². The van der Waals surface area contributed by atoms with Gasteiger partial charge in [0.25, 0.3) is 0 Å². The van der Waals surface area contributed by atoms with E-state index in [2.05, 4.69) is 31.8 Å². The Morgan fingerprint density at radius 3 is 1.75 bits per heavy atom. The van der Waals surface area contributed by atoms with E-state index < -0.39 is 8.32 Å². The van der Waals surface area contributed by atoms with Crippen LogP contribution in [-0.4, -0.2) is 26.9 Å². The van der Waals surface area contributed by atoms with Crippen molar-refractivity contribution in [3.05, 3.63) is 0 Å². The molecule has 0 radical (unpaired) electrons. The molecule has 0 aliphatic rings. The average molecular weight is 224 g/mol. The molecule has 0 aromatic heterocycles. The van der Waals surface area contributed by atoms with Crippen LogP contribution in [0.1, 0.15) is 12.8 Å². The van der Waals surface area contributed by atoms with Crippen molar-refractivity contribution < 1.29 is 4.43 Å². The van der Waals surface area contributed by atoms with E-state index in [1.54, 1.807) is 0 Å². The van der Waals surface area contributed by atoms with Crippen molar-refractivity contribution in [1.29, 1.82) is 0 Å². The molecule has 0 aliphatic heterocycles. The zero-order valence-corrected chi connectivity index (χ0v) is 10.8. The lowest BCUT2D eigenvalue weighted by molar-refractivity contribution is 0.395. The van der Waals surface area contributed by atoms with Crippen molar-refractivity contribution in [3.8, 4) is 0 Å². The SMILES string of the molecule is CO[Si](C)(CCCS)CCCS. The van der Waals surface area contributed by atoms with Crippen LogP contribution >= 0.6 is 25.3 Å². The van der Waals surface area contributed by atoms with Gasteiger partial charge >= 0.3 is 0 Å². The first-order chi connectivity index (χ1) is 5.68. The summed E-state index contributed by atoms with van der Waals surface area (Å²) in [6.07, 6.45) is 2.37. The molecule has 4 heteroatoms. The Hall–Kier alpha value is 0.877. The van der Waals surface area contributed by atoms with Crippen molar-refractivity contribution in [3.63, 3.8) is 0 Å². The van der Waals surface area contributed by atoms with E-state index in [1.165, 1.54) is 24.9 Å². The van der Waals surface area contributed by atoms with Crippen molar-refractivity contribution in [2.24, 2.45) is 0 Å². The van der Waals surface area contributed by atoms with Gasteiger partial charge in [-0.3, -0.25) is 0 Å². The van der Waals surface area contributed by atoms with Crippen LogP contribution in [0.5, 0.6) is 0 Å². The molecule has 0 saturated heterocycles. The summed E-state index contributed by atoms with van der Waals surface area (Å²) in [5.74, 6) is 1.96. The second-order valence-electron chi connectivity index (χ2n) is 3.31. The van der Waals surface area contributed by atoms with Gasteiger partial charge in [0.2, 0.25) is 0 Å². The van der Waals surface area contributed by atoms with Gasteiger partial charge in [0.05, 0.1) is 0 Å². The Morgan fingerprint density at radius 2 is 1.50 bits per heavy atom. The summed E-state index contributed by atoms with van der Waals surface area (Å²) < 4.78 is 5.61. The molecular formula is C8H20OS2Si. The fourth-order valence-corrected chi connectivity index (χ4v) is 4.65. The normalized spacial score (nSPS) is 12.0. The first-order valence-electron chi connectivity index (χ1n) is 4.45. The fraction of sp³-hybridized carbons (Fsp3) is 1.00. The van der Waals surface area contributed by atoms with Gasteiger partial charge in [-0.1, -0.05) is 0 Å². The highest BCUT2D eigenvalue weighted by atomic mass is 32.1. The maximum absolute atomic E-state index is 5.61. The van der Waals surface area contributed by atoms with Gasteiger partial charge in [-0.25, -0.2) is 0 Å². The van der Waals surface area contributed by atoms with Crippen molar-refractivity contribution in [1.82, 2.24) is 0 Å². The first kappa shape index (κ1) is 12.9. The maximum Gasteiger partial charge on any atom is 0.189 e. The molecule has 0 aromatic carbocycles. The molecule has 0 aromatic rings. The monoisotopic (exact) mass is 224 g/mol. The Bertz CT molecular complexity index is 103. The lowest BCUT2D eigenvalue weighted by atomic mass is 10.6. The lowest BCUT2D eigenvalue weighted by Gasteiger charge is -2.24. The molecule has 0 aliphatic carbocycles. The fourth-order valence-electron chi connectivity index (χ4n) is 1.24. The van der Waals surface area contributed by atoms with Crippen LogP contribution < -0.4 is 0 Å². The van der Waals surface area contributed by atoms with Gasteiger partial charge < -0.3 is 4.43 Å². The Morgan fingerprint density at radius 1 is 1.08 bits per heavy atom. The number of rotatable bonds is 7. The smallest absolute Gasteiger partial charge is 0.189 e. The molecule has 0 spiro atoms. The predicted octanol–water partition coefficient (Wildman–Crippen LogP) is 2.85. The first-order valence-corrected chi connectivity index (χ1v) is 8.54. The van der Waals surface area contributed by atoms with Crippen LogP contribution in [0.2, 0.25) is 18.6 Å². The third-order valence-corrected chi connectivity index (χ3v) is 6.66. The molecule has 0 fully saturated rings. The van der Waals surface area contributed by atoms with Crippen LogP contribution in [0.25, 0.3) is 0 Å². The van der Waals surface area contributed by atoms with Gasteiger partial charge in [0.1, 0.15) is 0 Å². The molecule has 0 bridgehead atoms. The quantitative estimate of drug-likeness (QED) is 0.499. The summed E-state index contributed by atoms with van der Waals surface area (Å²) in [5.41, 5.74) is 0. The lowest BCUT2D eigenvalue weighted by Crippen LogP contribution is -2.32.